The van der Waals surface area contributed by atoms with Gasteiger partial charge in [0.2, 0.25) is 0 Å². The second-order valence-electron chi connectivity index (χ2n) is 6.44. The number of carbonyl (C=O) groups is 1. The first kappa shape index (κ1) is 12.7. The van der Waals surface area contributed by atoms with Crippen molar-refractivity contribution in [3.05, 3.63) is 0 Å². The number of carbonyl (C=O) groups excluding carboxylic acids is 1. The van der Waals surface area contributed by atoms with Crippen LogP contribution >= 0.6 is 0 Å². The average molecular weight is 240 g/mol. The number of amides is 1. The lowest BCUT2D eigenvalue weighted by Crippen LogP contribution is -2.42. The molecule has 2 rings (SSSR count). The van der Waals surface area contributed by atoms with E-state index in [0.717, 1.165) is 25.6 Å². The van der Waals surface area contributed by atoms with Gasteiger partial charge in [0.25, 0.3) is 0 Å². The molecular weight excluding hydrogens is 216 g/mol. The first-order valence-electron chi connectivity index (χ1n) is 6.59. The molecule has 1 amide bonds. The second kappa shape index (κ2) is 4.48. The molecule has 0 unspecified atom stereocenters. The maximum absolute atomic E-state index is 11.6. The molecule has 1 aliphatic carbocycles. The molecule has 2 N–H and O–H groups in total. The molecule has 17 heavy (non-hydrogen) atoms. The van der Waals surface area contributed by atoms with Crippen molar-refractivity contribution < 1.29 is 9.53 Å². The Bertz CT molecular complexity index is 286. The molecule has 0 spiro atoms. The van der Waals surface area contributed by atoms with E-state index in [1.165, 1.54) is 19.3 Å². The first-order chi connectivity index (χ1) is 7.91. The highest BCUT2D eigenvalue weighted by atomic mass is 16.6. The lowest BCUT2D eigenvalue weighted by Gasteiger charge is -2.29. The summed E-state index contributed by atoms with van der Waals surface area (Å²) in [6.45, 7) is 8.56. The molecular formula is C13H24N2O2. The molecule has 0 aromatic rings. The van der Waals surface area contributed by atoms with E-state index in [1.54, 1.807) is 0 Å². The van der Waals surface area contributed by atoms with E-state index in [-0.39, 0.29) is 11.5 Å². The maximum Gasteiger partial charge on any atom is 0.407 e. The van der Waals surface area contributed by atoms with Gasteiger partial charge in [-0.1, -0.05) is 6.42 Å². The number of hydrogen-bond acceptors (Lipinski definition) is 3. The maximum atomic E-state index is 11.6. The van der Waals surface area contributed by atoms with Gasteiger partial charge in [0.1, 0.15) is 5.60 Å². The van der Waals surface area contributed by atoms with Gasteiger partial charge < -0.3 is 15.4 Å². The minimum atomic E-state index is -0.412. The summed E-state index contributed by atoms with van der Waals surface area (Å²) in [5.41, 5.74) is -0.123. The summed E-state index contributed by atoms with van der Waals surface area (Å²) in [5.74, 6) is 0.734. The minimum absolute atomic E-state index is 0.288. The molecule has 4 nitrogen and oxygen atoms in total. The third kappa shape index (κ3) is 2.92. The van der Waals surface area contributed by atoms with Gasteiger partial charge in [0, 0.05) is 18.5 Å². The summed E-state index contributed by atoms with van der Waals surface area (Å²) in [7, 11) is 0. The van der Waals surface area contributed by atoms with Crippen LogP contribution in [0.5, 0.6) is 0 Å². The van der Waals surface area contributed by atoms with Crippen molar-refractivity contribution >= 4 is 6.09 Å². The molecule has 2 fully saturated rings. The van der Waals surface area contributed by atoms with E-state index in [2.05, 4.69) is 10.6 Å². The third-order valence-electron chi connectivity index (χ3n) is 3.94. The highest BCUT2D eigenvalue weighted by Gasteiger charge is 2.46. The van der Waals surface area contributed by atoms with E-state index in [1.807, 2.05) is 20.8 Å². The fourth-order valence-electron chi connectivity index (χ4n) is 3.12. The van der Waals surface area contributed by atoms with Crippen LogP contribution in [0.1, 0.15) is 40.0 Å². The van der Waals surface area contributed by atoms with Crippen molar-refractivity contribution in [1.29, 1.82) is 0 Å². The summed E-state index contributed by atoms with van der Waals surface area (Å²) in [4.78, 5) is 11.6. The van der Waals surface area contributed by atoms with E-state index in [4.69, 9.17) is 4.74 Å². The van der Waals surface area contributed by atoms with Crippen LogP contribution in [0.3, 0.4) is 0 Å². The van der Waals surface area contributed by atoms with Crippen molar-refractivity contribution in [3.63, 3.8) is 0 Å². The summed E-state index contributed by atoms with van der Waals surface area (Å²) in [6.07, 6.45) is 3.52. The fraction of sp³-hybridized carbons (Fsp3) is 0.923. The lowest BCUT2D eigenvalue weighted by atomic mass is 9.81. The van der Waals surface area contributed by atoms with Gasteiger partial charge in [-0.2, -0.15) is 0 Å². The molecule has 0 radical (unpaired) electrons. The number of hydrogen-bond donors (Lipinski definition) is 2. The molecule has 1 saturated carbocycles. The Labute approximate surface area is 103 Å². The van der Waals surface area contributed by atoms with Gasteiger partial charge in [-0.05, 0) is 46.1 Å². The monoisotopic (exact) mass is 240 g/mol. The molecule has 0 aromatic heterocycles. The number of fused-ring (bicyclic) bond motifs is 1. The van der Waals surface area contributed by atoms with Gasteiger partial charge in [-0.3, -0.25) is 0 Å². The minimum Gasteiger partial charge on any atom is -0.444 e. The van der Waals surface area contributed by atoms with Crippen LogP contribution in [0.4, 0.5) is 4.79 Å². The number of rotatable bonds is 2. The van der Waals surface area contributed by atoms with Crippen LogP contribution in [0.15, 0.2) is 0 Å². The van der Waals surface area contributed by atoms with E-state index < -0.39 is 5.60 Å². The molecule has 98 valence electrons. The molecule has 2 aliphatic rings. The van der Waals surface area contributed by atoms with Crippen LogP contribution in [0, 0.1) is 11.3 Å². The summed E-state index contributed by atoms with van der Waals surface area (Å²) in [5, 5.41) is 6.39. The van der Waals surface area contributed by atoms with Crippen LogP contribution in [0.2, 0.25) is 0 Å². The Hall–Kier alpha value is -0.770. The Morgan fingerprint density at radius 2 is 2.29 bits per heavy atom. The average Bonchev–Trinajstić information content (AvgIpc) is 2.69. The van der Waals surface area contributed by atoms with Gasteiger partial charge >= 0.3 is 6.09 Å². The summed E-state index contributed by atoms with van der Waals surface area (Å²) >= 11 is 0. The normalized spacial score (nSPS) is 32.3. The van der Waals surface area contributed by atoms with Crippen LogP contribution in [-0.2, 0) is 4.74 Å². The highest BCUT2D eigenvalue weighted by Crippen LogP contribution is 2.45. The van der Waals surface area contributed by atoms with Crippen LogP contribution < -0.4 is 10.6 Å². The zero-order valence-corrected chi connectivity index (χ0v) is 11.1. The van der Waals surface area contributed by atoms with Crippen molar-refractivity contribution in [2.24, 2.45) is 11.3 Å². The van der Waals surface area contributed by atoms with E-state index >= 15 is 0 Å². The predicted octanol–water partition coefficient (Wildman–Crippen LogP) is 1.90. The molecule has 2 atom stereocenters. The van der Waals surface area contributed by atoms with Crippen molar-refractivity contribution in [1.82, 2.24) is 10.6 Å². The Kier molecular flexibility index (Phi) is 3.34. The van der Waals surface area contributed by atoms with E-state index in [0.29, 0.717) is 0 Å². The standard InChI is InChI=1S/C13H24N2O2/c1-12(2,3)17-11(16)15-9-13-6-4-5-10(13)7-14-8-13/h10,14H,4-9H2,1-3H3,(H,15,16)/t10-,13+/m1/s1. The van der Waals surface area contributed by atoms with Crippen molar-refractivity contribution in [3.8, 4) is 0 Å². The van der Waals surface area contributed by atoms with Gasteiger partial charge in [-0.25, -0.2) is 4.79 Å². The fourth-order valence-corrected chi connectivity index (χ4v) is 3.12. The summed E-state index contributed by atoms with van der Waals surface area (Å²) < 4.78 is 5.27. The van der Waals surface area contributed by atoms with Gasteiger partial charge in [-0.15, -0.1) is 0 Å². The summed E-state index contributed by atoms with van der Waals surface area (Å²) in [6, 6.07) is 0. The quantitative estimate of drug-likeness (QED) is 0.775. The van der Waals surface area contributed by atoms with Crippen molar-refractivity contribution in [2.45, 2.75) is 45.6 Å². The molecule has 0 bridgehead atoms. The zero-order chi connectivity index (χ0) is 12.5. The molecule has 1 saturated heterocycles. The van der Waals surface area contributed by atoms with Crippen LogP contribution in [0.25, 0.3) is 0 Å². The number of alkyl carbamates (subject to hydrolysis) is 1. The third-order valence-corrected chi connectivity index (χ3v) is 3.94. The topological polar surface area (TPSA) is 50.4 Å². The smallest absolute Gasteiger partial charge is 0.407 e. The SMILES string of the molecule is CC(C)(C)OC(=O)NC[C@@]12CCC[C@@H]1CNC2. The number of nitrogens with one attached hydrogen (secondary N) is 2. The second-order valence-corrected chi connectivity index (χ2v) is 6.44. The Balaban J connectivity index is 1.83. The molecule has 4 heteroatoms. The lowest BCUT2D eigenvalue weighted by molar-refractivity contribution is 0.0497. The van der Waals surface area contributed by atoms with Gasteiger partial charge in [0.05, 0.1) is 0 Å². The number of ether oxygens (including phenoxy) is 1. The Morgan fingerprint density at radius 1 is 1.53 bits per heavy atom. The molecule has 1 heterocycles. The Morgan fingerprint density at radius 3 is 3.00 bits per heavy atom. The highest BCUT2D eigenvalue weighted by molar-refractivity contribution is 5.67. The van der Waals surface area contributed by atoms with Crippen LogP contribution in [-0.4, -0.2) is 31.3 Å². The van der Waals surface area contributed by atoms with Crippen molar-refractivity contribution in [2.75, 3.05) is 19.6 Å². The van der Waals surface area contributed by atoms with E-state index in [9.17, 15) is 4.79 Å². The largest absolute Gasteiger partial charge is 0.444 e. The molecule has 0 aromatic carbocycles. The predicted molar refractivity (Wildman–Crippen MR) is 66.9 cm³/mol. The first-order valence-corrected chi connectivity index (χ1v) is 6.59. The van der Waals surface area contributed by atoms with Gasteiger partial charge in [0.15, 0.2) is 0 Å². The zero-order valence-electron chi connectivity index (χ0n) is 11.1. The molecule has 1 aliphatic heterocycles.